The van der Waals surface area contributed by atoms with E-state index >= 15 is 0 Å². The molecule has 0 unspecified atom stereocenters. The van der Waals surface area contributed by atoms with E-state index < -0.39 is 0 Å². The van der Waals surface area contributed by atoms with Crippen molar-refractivity contribution in [3.63, 3.8) is 0 Å². The van der Waals surface area contributed by atoms with E-state index in [1.807, 2.05) is 37.4 Å². The summed E-state index contributed by atoms with van der Waals surface area (Å²) in [4.78, 5) is 20.5. The van der Waals surface area contributed by atoms with Crippen LogP contribution in [0.25, 0.3) is 10.9 Å². The lowest BCUT2D eigenvalue weighted by molar-refractivity contribution is 0.263. The van der Waals surface area contributed by atoms with Crippen LogP contribution in [0.3, 0.4) is 0 Å². The molecule has 0 saturated carbocycles. The van der Waals surface area contributed by atoms with E-state index in [0.717, 1.165) is 48.2 Å². The summed E-state index contributed by atoms with van der Waals surface area (Å²) in [6.07, 6.45) is 4.12. The van der Waals surface area contributed by atoms with Crippen molar-refractivity contribution in [3.8, 4) is 0 Å². The third kappa shape index (κ3) is 4.68. The number of thioether (sulfide) groups is 1. The predicted molar refractivity (Wildman–Crippen MR) is 120 cm³/mol. The van der Waals surface area contributed by atoms with E-state index in [-0.39, 0.29) is 0 Å². The number of hydrogen-bond donors (Lipinski definition) is 3. The fourth-order valence-electron chi connectivity index (χ4n) is 3.50. The normalized spacial score (nSPS) is 15.6. The maximum Gasteiger partial charge on any atom is 0.233 e. The molecule has 4 N–H and O–H groups in total. The van der Waals surface area contributed by atoms with Gasteiger partial charge in [0.1, 0.15) is 0 Å². The van der Waals surface area contributed by atoms with Gasteiger partial charge in [-0.1, -0.05) is 11.8 Å². The maximum atomic E-state index is 6.18. The molecular weight excluding hydrogens is 384 g/mol. The molecule has 0 radical (unpaired) electrons. The Labute approximate surface area is 174 Å². The SMILES string of the molecule is CSc1nc(Nc2ccc3nc(C)cc(N)c3c2)nc(NC2CCN(C)CC2)n1. The topological polar surface area (TPSA) is 105 Å². The Hall–Kier alpha value is -2.65. The zero-order chi connectivity index (χ0) is 20.4. The largest absolute Gasteiger partial charge is 0.398 e. The molecule has 1 fully saturated rings. The van der Waals surface area contributed by atoms with Gasteiger partial charge in [-0.05, 0) is 70.4 Å². The summed E-state index contributed by atoms with van der Waals surface area (Å²) in [7, 11) is 2.15. The Morgan fingerprint density at radius 3 is 2.59 bits per heavy atom. The average Bonchev–Trinajstić information content (AvgIpc) is 2.70. The molecule has 2 aromatic heterocycles. The number of pyridine rings is 1. The maximum absolute atomic E-state index is 6.18. The number of nitrogens with zero attached hydrogens (tertiary/aromatic N) is 5. The molecule has 152 valence electrons. The van der Waals surface area contributed by atoms with Crippen LogP contribution in [0, 0.1) is 6.92 Å². The summed E-state index contributed by atoms with van der Waals surface area (Å²) in [5.74, 6) is 1.12. The molecule has 3 heterocycles. The second-order valence-corrected chi connectivity index (χ2v) is 8.17. The molecule has 1 saturated heterocycles. The molecule has 3 aromatic rings. The minimum absolute atomic E-state index is 0.380. The van der Waals surface area contributed by atoms with E-state index in [4.69, 9.17) is 5.73 Å². The third-order valence-electron chi connectivity index (χ3n) is 5.07. The second-order valence-electron chi connectivity index (χ2n) is 7.40. The first-order valence-electron chi connectivity index (χ1n) is 9.69. The fourth-order valence-corrected chi connectivity index (χ4v) is 3.86. The number of aromatic nitrogens is 4. The molecule has 29 heavy (non-hydrogen) atoms. The van der Waals surface area contributed by atoms with Crippen molar-refractivity contribution in [2.24, 2.45) is 0 Å². The number of piperidine rings is 1. The van der Waals surface area contributed by atoms with Crippen molar-refractivity contribution >= 4 is 45.9 Å². The van der Waals surface area contributed by atoms with Crippen LogP contribution in [0.4, 0.5) is 23.3 Å². The van der Waals surface area contributed by atoms with Crippen LogP contribution in [0.1, 0.15) is 18.5 Å². The molecular formula is C20H26N8S. The third-order valence-corrected chi connectivity index (χ3v) is 5.62. The molecule has 9 heteroatoms. The van der Waals surface area contributed by atoms with Crippen LogP contribution < -0.4 is 16.4 Å². The van der Waals surface area contributed by atoms with Gasteiger partial charge in [0.05, 0.1) is 5.52 Å². The number of nitrogens with two attached hydrogens (primary N) is 1. The zero-order valence-corrected chi connectivity index (χ0v) is 17.8. The van der Waals surface area contributed by atoms with E-state index in [1.165, 1.54) is 11.8 Å². The van der Waals surface area contributed by atoms with Gasteiger partial charge >= 0.3 is 0 Å². The minimum atomic E-state index is 0.380. The van der Waals surface area contributed by atoms with Gasteiger partial charge in [-0.2, -0.15) is 15.0 Å². The first-order valence-corrected chi connectivity index (χ1v) is 10.9. The van der Waals surface area contributed by atoms with Gasteiger partial charge in [0.25, 0.3) is 0 Å². The molecule has 0 spiro atoms. The van der Waals surface area contributed by atoms with Gasteiger partial charge in [0.15, 0.2) is 5.16 Å². The first-order chi connectivity index (χ1) is 14.0. The number of benzene rings is 1. The van der Waals surface area contributed by atoms with Crippen LogP contribution in [0.5, 0.6) is 0 Å². The van der Waals surface area contributed by atoms with Crippen molar-refractivity contribution in [2.45, 2.75) is 31.0 Å². The van der Waals surface area contributed by atoms with E-state index in [0.29, 0.717) is 28.8 Å². The fraction of sp³-hybridized carbons (Fsp3) is 0.400. The summed E-state index contributed by atoms with van der Waals surface area (Å²) < 4.78 is 0. The highest BCUT2D eigenvalue weighted by Gasteiger charge is 2.18. The van der Waals surface area contributed by atoms with Crippen molar-refractivity contribution in [1.29, 1.82) is 0 Å². The van der Waals surface area contributed by atoms with Crippen molar-refractivity contribution < 1.29 is 0 Å². The zero-order valence-electron chi connectivity index (χ0n) is 16.9. The predicted octanol–water partition coefficient (Wildman–Crippen LogP) is 3.28. The Balaban J connectivity index is 1.57. The van der Waals surface area contributed by atoms with Gasteiger partial charge < -0.3 is 21.3 Å². The van der Waals surface area contributed by atoms with Crippen LogP contribution in [0.15, 0.2) is 29.4 Å². The molecule has 0 amide bonds. The van der Waals surface area contributed by atoms with Crippen LogP contribution in [-0.4, -0.2) is 57.3 Å². The summed E-state index contributed by atoms with van der Waals surface area (Å²) >= 11 is 1.50. The number of aryl methyl sites for hydroxylation is 1. The highest BCUT2D eigenvalue weighted by Crippen LogP contribution is 2.26. The number of nitrogens with one attached hydrogen (secondary N) is 2. The van der Waals surface area contributed by atoms with Gasteiger partial charge in [0, 0.05) is 28.5 Å². The number of likely N-dealkylation sites (tertiary alicyclic amines) is 1. The lowest BCUT2D eigenvalue weighted by atomic mass is 10.1. The van der Waals surface area contributed by atoms with Gasteiger partial charge in [-0.15, -0.1) is 0 Å². The number of anilines is 4. The van der Waals surface area contributed by atoms with Crippen LogP contribution >= 0.6 is 11.8 Å². The monoisotopic (exact) mass is 410 g/mol. The Morgan fingerprint density at radius 2 is 1.83 bits per heavy atom. The molecule has 0 bridgehead atoms. The van der Waals surface area contributed by atoms with Crippen LogP contribution in [-0.2, 0) is 0 Å². The Kier molecular flexibility index (Phi) is 5.68. The molecule has 1 aliphatic rings. The number of hydrogen-bond acceptors (Lipinski definition) is 9. The number of rotatable bonds is 5. The molecule has 0 atom stereocenters. The van der Waals surface area contributed by atoms with E-state index in [9.17, 15) is 0 Å². The Morgan fingerprint density at radius 1 is 1.07 bits per heavy atom. The number of fused-ring (bicyclic) bond motifs is 1. The first kappa shape index (κ1) is 19.7. The van der Waals surface area contributed by atoms with Crippen molar-refractivity contribution in [2.75, 3.05) is 42.8 Å². The lowest BCUT2D eigenvalue weighted by Gasteiger charge is -2.29. The smallest absolute Gasteiger partial charge is 0.233 e. The molecule has 0 aliphatic carbocycles. The van der Waals surface area contributed by atoms with E-state index in [1.54, 1.807) is 0 Å². The minimum Gasteiger partial charge on any atom is -0.398 e. The van der Waals surface area contributed by atoms with Gasteiger partial charge in [0.2, 0.25) is 11.9 Å². The quantitative estimate of drug-likeness (QED) is 0.546. The van der Waals surface area contributed by atoms with Gasteiger partial charge in [-0.25, -0.2) is 0 Å². The summed E-state index contributed by atoms with van der Waals surface area (Å²) in [5, 5.41) is 8.35. The van der Waals surface area contributed by atoms with Gasteiger partial charge in [-0.3, -0.25) is 4.98 Å². The van der Waals surface area contributed by atoms with Crippen molar-refractivity contribution in [3.05, 3.63) is 30.0 Å². The lowest BCUT2D eigenvalue weighted by Crippen LogP contribution is -2.37. The molecule has 8 nitrogen and oxygen atoms in total. The highest BCUT2D eigenvalue weighted by atomic mass is 32.2. The van der Waals surface area contributed by atoms with Crippen molar-refractivity contribution in [1.82, 2.24) is 24.8 Å². The summed E-state index contributed by atoms with van der Waals surface area (Å²) in [6.45, 7) is 4.10. The number of nitrogen functional groups attached to an aromatic ring is 1. The Bertz CT molecular complexity index is 1020. The second kappa shape index (κ2) is 8.38. The molecule has 1 aromatic carbocycles. The van der Waals surface area contributed by atoms with Crippen LogP contribution in [0.2, 0.25) is 0 Å². The summed E-state index contributed by atoms with van der Waals surface area (Å²) in [6, 6.07) is 8.15. The standard InChI is InChI=1S/C20H26N8S/c1-12-10-16(21)15-11-14(4-5-17(15)22-12)24-19-25-18(26-20(27-19)29-3)23-13-6-8-28(2)9-7-13/h4-5,10-11,13H,6-9H2,1-3H3,(H2,21,22)(H2,23,24,25,26,27). The summed E-state index contributed by atoms with van der Waals surface area (Å²) in [5.41, 5.74) is 9.52. The molecule has 4 rings (SSSR count). The van der Waals surface area contributed by atoms with E-state index in [2.05, 4.69) is 42.5 Å². The highest BCUT2D eigenvalue weighted by molar-refractivity contribution is 7.98. The molecule has 1 aliphatic heterocycles. The average molecular weight is 411 g/mol.